The standard InChI is InChI=1S/C31H29N3O5S/c1-6-37-30(36)27-19(4)32-31-34(28(27)21-9-12-24-25(14-21)39-16-38-24)29(35)26(40-31)15-22-13-18(3)33(20(22)5)23-10-7-17(2)8-11-23/h7-15,28H,6,16H2,1-5H3/t28-/m0/s1. The van der Waals surface area contributed by atoms with Crippen LogP contribution in [-0.2, 0) is 9.53 Å². The van der Waals surface area contributed by atoms with E-state index in [2.05, 4.69) is 53.7 Å². The normalized spacial score (nSPS) is 16.2. The summed E-state index contributed by atoms with van der Waals surface area (Å²) in [6.07, 6.45) is 1.91. The summed E-state index contributed by atoms with van der Waals surface area (Å²) in [7, 11) is 0. The number of hydrogen-bond acceptors (Lipinski definition) is 7. The second kappa shape index (κ2) is 9.98. The fraction of sp³-hybridized carbons (Fsp3) is 0.258. The van der Waals surface area contributed by atoms with Crippen LogP contribution in [0, 0.1) is 20.8 Å². The van der Waals surface area contributed by atoms with Gasteiger partial charge in [-0.1, -0.05) is 35.1 Å². The molecule has 204 valence electrons. The Morgan fingerprint density at radius 3 is 2.58 bits per heavy atom. The molecular formula is C31H29N3O5S. The van der Waals surface area contributed by atoms with Crippen LogP contribution < -0.4 is 24.4 Å². The summed E-state index contributed by atoms with van der Waals surface area (Å²) in [5, 5.41) is 0. The number of hydrogen-bond donors (Lipinski definition) is 0. The van der Waals surface area contributed by atoms with Crippen LogP contribution in [0.25, 0.3) is 11.8 Å². The fourth-order valence-corrected chi connectivity index (χ4v) is 6.39. The highest BCUT2D eigenvalue weighted by molar-refractivity contribution is 7.07. The fourth-order valence-electron chi connectivity index (χ4n) is 5.36. The van der Waals surface area contributed by atoms with Crippen molar-refractivity contribution in [1.29, 1.82) is 0 Å². The Hall–Kier alpha value is -4.37. The van der Waals surface area contributed by atoms with Crippen LogP contribution in [0.1, 0.15) is 48.0 Å². The van der Waals surface area contributed by atoms with E-state index in [1.807, 2.05) is 25.1 Å². The summed E-state index contributed by atoms with van der Waals surface area (Å²) < 4.78 is 20.8. The molecule has 2 aromatic carbocycles. The Morgan fingerprint density at radius 2 is 1.82 bits per heavy atom. The Bertz CT molecular complexity index is 1880. The van der Waals surface area contributed by atoms with Crippen LogP contribution in [0.5, 0.6) is 11.5 Å². The average molecular weight is 556 g/mol. The van der Waals surface area contributed by atoms with E-state index in [-0.39, 0.29) is 19.0 Å². The second-order valence-corrected chi connectivity index (χ2v) is 10.9. The van der Waals surface area contributed by atoms with Gasteiger partial charge in [0.2, 0.25) is 6.79 Å². The van der Waals surface area contributed by atoms with Crippen molar-refractivity contribution in [3.8, 4) is 17.2 Å². The first-order chi connectivity index (χ1) is 19.3. The summed E-state index contributed by atoms with van der Waals surface area (Å²) in [6.45, 7) is 10.0. The third-order valence-corrected chi connectivity index (χ3v) is 8.26. The molecule has 1 atom stereocenters. The van der Waals surface area contributed by atoms with Gasteiger partial charge in [-0.2, -0.15) is 0 Å². The van der Waals surface area contributed by atoms with E-state index in [1.54, 1.807) is 24.5 Å². The molecule has 4 heterocycles. The molecule has 6 rings (SSSR count). The van der Waals surface area contributed by atoms with Gasteiger partial charge in [-0.3, -0.25) is 9.36 Å². The van der Waals surface area contributed by atoms with E-state index in [0.717, 1.165) is 22.6 Å². The van der Waals surface area contributed by atoms with Gasteiger partial charge < -0.3 is 18.8 Å². The molecule has 0 spiro atoms. The quantitative estimate of drug-likeness (QED) is 0.344. The van der Waals surface area contributed by atoms with Gasteiger partial charge in [0.1, 0.15) is 0 Å². The maximum absolute atomic E-state index is 14.0. The molecule has 2 aliphatic rings. The van der Waals surface area contributed by atoms with Crippen LogP contribution in [0.15, 0.2) is 69.6 Å². The highest BCUT2D eigenvalue weighted by Crippen LogP contribution is 2.38. The molecule has 4 aromatic rings. The zero-order valence-electron chi connectivity index (χ0n) is 23.0. The summed E-state index contributed by atoms with van der Waals surface area (Å²) in [5.41, 5.74) is 6.66. The molecule has 0 amide bonds. The number of thiazole rings is 1. The molecule has 40 heavy (non-hydrogen) atoms. The van der Waals surface area contributed by atoms with Gasteiger partial charge in [-0.05, 0) is 82.2 Å². The van der Waals surface area contributed by atoms with Crippen LogP contribution >= 0.6 is 11.3 Å². The smallest absolute Gasteiger partial charge is 0.338 e. The van der Waals surface area contributed by atoms with Gasteiger partial charge in [-0.15, -0.1) is 0 Å². The lowest BCUT2D eigenvalue weighted by Crippen LogP contribution is -2.39. The lowest BCUT2D eigenvalue weighted by atomic mass is 9.95. The summed E-state index contributed by atoms with van der Waals surface area (Å²) in [5.74, 6) is 0.696. The van der Waals surface area contributed by atoms with E-state index >= 15 is 0 Å². The Balaban J connectivity index is 1.52. The van der Waals surface area contributed by atoms with Crippen molar-refractivity contribution in [3.63, 3.8) is 0 Å². The summed E-state index contributed by atoms with van der Waals surface area (Å²) >= 11 is 1.31. The largest absolute Gasteiger partial charge is 0.463 e. The third kappa shape index (κ3) is 4.26. The van der Waals surface area contributed by atoms with Crippen molar-refractivity contribution in [2.45, 2.75) is 40.7 Å². The number of allylic oxidation sites excluding steroid dienone is 1. The van der Waals surface area contributed by atoms with Gasteiger partial charge in [0, 0.05) is 17.1 Å². The molecule has 2 aliphatic heterocycles. The molecule has 0 N–H and O–H groups in total. The van der Waals surface area contributed by atoms with Gasteiger partial charge in [-0.25, -0.2) is 9.79 Å². The highest BCUT2D eigenvalue weighted by Gasteiger charge is 2.34. The molecule has 0 radical (unpaired) electrons. The lowest BCUT2D eigenvalue weighted by Gasteiger charge is -2.24. The molecule has 0 aliphatic carbocycles. The van der Waals surface area contributed by atoms with Crippen LogP contribution in [0.2, 0.25) is 0 Å². The first kappa shape index (κ1) is 25.9. The Labute approximate surface area is 235 Å². The molecule has 0 saturated heterocycles. The minimum absolute atomic E-state index is 0.127. The first-order valence-electron chi connectivity index (χ1n) is 13.1. The van der Waals surface area contributed by atoms with Gasteiger partial charge >= 0.3 is 5.97 Å². The second-order valence-electron chi connectivity index (χ2n) is 9.91. The van der Waals surface area contributed by atoms with E-state index in [1.165, 1.54) is 16.9 Å². The topological polar surface area (TPSA) is 84.1 Å². The number of carbonyl (C=O) groups excluding carboxylic acids is 1. The Kier molecular flexibility index (Phi) is 6.46. The van der Waals surface area contributed by atoms with Crippen molar-refractivity contribution < 1.29 is 19.0 Å². The number of esters is 1. The third-order valence-electron chi connectivity index (χ3n) is 7.28. The van der Waals surface area contributed by atoms with Crippen LogP contribution in [0.4, 0.5) is 0 Å². The highest BCUT2D eigenvalue weighted by atomic mass is 32.1. The van der Waals surface area contributed by atoms with Gasteiger partial charge in [0.15, 0.2) is 16.3 Å². The zero-order valence-corrected chi connectivity index (χ0v) is 23.8. The SMILES string of the molecule is CCOC(=O)C1=C(C)N=c2sc(=Cc3cc(C)n(-c4ccc(C)cc4)c3C)c(=O)n2[C@H]1c1ccc2c(c1)OCO2. The van der Waals surface area contributed by atoms with Crippen molar-refractivity contribution in [3.05, 3.63) is 108 Å². The monoisotopic (exact) mass is 555 g/mol. The number of benzene rings is 2. The van der Waals surface area contributed by atoms with E-state index < -0.39 is 12.0 Å². The zero-order chi connectivity index (χ0) is 28.1. The van der Waals surface area contributed by atoms with Crippen LogP contribution in [-0.4, -0.2) is 28.5 Å². The average Bonchev–Trinajstić information content (AvgIpc) is 3.59. The van der Waals surface area contributed by atoms with E-state index in [0.29, 0.717) is 37.7 Å². The molecular weight excluding hydrogens is 526 g/mol. The van der Waals surface area contributed by atoms with Crippen molar-refractivity contribution in [2.24, 2.45) is 4.99 Å². The first-order valence-corrected chi connectivity index (χ1v) is 13.9. The molecule has 0 saturated carbocycles. The summed E-state index contributed by atoms with van der Waals surface area (Å²) in [4.78, 5) is 32.4. The van der Waals surface area contributed by atoms with Gasteiger partial charge in [0.25, 0.3) is 5.56 Å². The predicted octanol–water partition coefficient (Wildman–Crippen LogP) is 4.24. The van der Waals surface area contributed by atoms with Crippen LogP contribution in [0.3, 0.4) is 0 Å². The number of aryl methyl sites for hydroxylation is 2. The molecule has 0 unspecified atom stereocenters. The summed E-state index contributed by atoms with van der Waals surface area (Å²) in [6, 6.07) is 15.2. The number of aromatic nitrogens is 2. The minimum atomic E-state index is -0.716. The molecule has 9 heteroatoms. The molecule has 0 fully saturated rings. The van der Waals surface area contributed by atoms with Crippen molar-refractivity contribution in [1.82, 2.24) is 9.13 Å². The predicted molar refractivity (Wildman–Crippen MR) is 153 cm³/mol. The van der Waals surface area contributed by atoms with E-state index in [9.17, 15) is 9.59 Å². The lowest BCUT2D eigenvalue weighted by molar-refractivity contribution is -0.139. The number of carbonyl (C=O) groups is 1. The Morgan fingerprint density at radius 1 is 1.07 bits per heavy atom. The number of ether oxygens (including phenoxy) is 3. The van der Waals surface area contributed by atoms with E-state index in [4.69, 9.17) is 14.2 Å². The maximum Gasteiger partial charge on any atom is 0.338 e. The van der Waals surface area contributed by atoms with Crippen molar-refractivity contribution >= 4 is 23.4 Å². The maximum atomic E-state index is 14.0. The number of fused-ring (bicyclic) bond motifs is 2. The molecule has 2 aromatic heterocycles. The number of rotatable bonds is 5. The molecule has 8 nitrogen and oxygen atoms in total. The molecule has 0 bridgehead atoms. The minimum Gasteiger partial charge on any atom is -0.463 e. The van der Waals surface area contributed by atoms with Crippen molar-refractivity contribution in [2.75, 3.05) is 13.4 Å². The van der Waals surface area contributed by atoms with Gasteiger partial charge in [0.05, 0.1) is 28.5 Å². The number of nitrogens with zero attached hydrogens (tertiary/aromatic N) is 3.